The molecule has 0 aromatic heterocycles. The van der Waals surface area contributed by atoms with Crippen LogP contribution in [0.2, 0.25) is 0 Å². The van der Waals surface area contributed by atoms with Gasteiger partial charge in [-0.25, -0.2) is 0 Å². The van der Waals surface area contributed by atoms with Crippen molar-refractivity contribution in [3.05, 3.63) is 77.5 Å². The summed E-state index contributed by atoms with van der Waals surface area (Å²) in [6, 6.07) is 11.1. The topological polar surface area (TPSA) is 95.5 Å². The standard InChI is InChI=1S/C28H26F3NO7/c1-35-24-16-21(32-12-11-22(33)18-7-9-20(10-8-18)39-28(29,30)31)19(15-23(24)34)6-5-17-13-25(36-2)27(38-4)26(14-17)37-3/h5-16,32,34H,1-4H3. The molecule has 0 heterocycles. The largest absolute Gasteiger partial charge is 0.573 e. The minimum atomic E-state index is -4.82. The Hall–Kier alpha value is -4.80. The molecule has 0 spiro atoms. The molecular weight excluding hydrogens is 519 g/mol. The number of hydrogen-bond acceptors (Lipinski definition) is 8. The number of phenols is 1. The summed E-state index contributed by atoms with van der Waals surface area (Å²) in [5, 5.41) is 13.3. The lowest BCUT2D eigenvalue weighted by molar-refractivity contribution is -0.274. The normalized spacial score (nSPS) is 11.5. The third-order valence-electron chi connectivity index (χ3n) is 5.34. The number of rotatable bonds is 11. The van der Waals surface area contributed by atoms with Crippen molar-refractivity contribution in [2.75, 3.05) is 33.8 Å². The number of allylic oxidation sites excluding steroid dienone is 1. The van der Waals surface area contributed by atoms with Crippen molar-refractivity contribution in [1.82, 2.24) is 0 Å². The van der Waals surface area contributed by atoms with Crippen LogP contribution in [0, 0.1) is 0 Å². The molecule has 11 heteroatoms. The van der Waals surface area contributed by atoms with E-state index in [1.54, 1.807) is 30.4 Å². The van der Waals surface area contributed by atoms with Crippen LogP contribution >= 0.6 is 0 Å². The molecule has 2 N–H and O–H groups in total. The number of ketones is 1. The zero-order valence-corrected chi connectivity index (χ0v) is 21.5. The van der Waals surface area contributed by atoms with Crippen LogP contribution < -0.4 is 29.0 Å². The Bertz CT molecular complexity index is 1340. The van der Waals surface area contributed by atoms with E-state index in [4.69, 9.17) is 18.9 Å². The monoisotopic (exact) mass is 545 g/mol. The van der Waals surface area contributed by atoms with Gasteiger partial charge in [0, 0.05) is 35.2 Å². The number of aromatic hydroxyl groups is 1. The Morgan fingerprint density at radius 3 is 2.00 bits per heavy atom. The van der Waals surface area contributed by atoms with E-state index in [0.29, 0.717) is 28.5 Å². The van der Waals surface area contributed by atoms with Crippen molar-refractivity contribution in [2.45, 2.75) is 6.36 Å². The van der Waals surface area contributed by atoms with Gasteiger partial charge >= 0.3 is 6.36 Å². The van der Waals surface area contributed by atoms with Crippen molar-refractivity contribution in [1.29, 1.82) is 0 Å². The molecule has 0 saturated heterocycles. The van der Waals surface area contributed by atoms with E-state index in [1.807, 2.05) is 0 Å². The van der Waals surface area contributed by atoms with Crippen LogP contribution in [-0.4, -0.2) is 45.7 Å². The molecule has 0 fully saturated rings. The van der Waals surface area contributed by atoms with Crippen LogP contribution in [0.5, 0.6) is 34.5 Å². The fraction of sp³-hybridized carbons (Fsp3) is 0.179. The zero-order chi connectivity index (χ0) is 28.6. The van der Waals surface area contributed by atoms with Gasteiger partial charge in [0.2, 0.25) is 5.75 Å². The highest BCUT2D eigenvalue weighted by Crippen LogP contribution is 2.39. The number of carbonyl (C=O) groups is 1. The third-order valence-corrected chi connectivity index (χ3v) is 5.34. The molecule has 0 bridgehead atoms. The summed E-state index contributed by atoms with van der Waals surface area (Å²) in [5.74, 6) is 0.580. The van der Waals surface area contributed by atoms with Crippen molar-refractivity contribution < 1.29 is 46.8 Å². The van der Waals surface area contributed by atoms with Gasteiger partial charge in [-0.2, -0.15) is 0 Å². The summed E-state index contributed by atoms with van der Waals surface area (Å²) in [7, 11) is 5.92. The Labute approximate surface area is 222 Å². The van der Waals surface area contributed by atoms with Crippen LogP contribution in [0.3, 0.4) is 0 Å². The summed E-state index contributed by atoms with van der Waals surface area (Å²) in [6.45, 7) is 0. The molecule has 0 amide bonds. The second kappa shape index (κ2) is 12.6. The van der Waals surface area contributed by atoms with Gasteiger partial charge in [0.15, 0.2) is 28.8 Å². The van der Waals surface area contributed by atoms with Gasteiger partial charge in [0.05, 0.1) is 28.4 Å². The van der Waals surface area contributed by atoms with E-state index in [1.165, 1.54) is 58.9 Å². The van der Waals surface area contributed by atoms with E-state index in [2.05, 4.69) is 10.1 Å². The molecule has 0 aliphatic carbocycles. The van der Waals surface area contributed by atoms with Crippen molar-refractivity contribution in [3.8, 4) is 34.5 Å². The lowest BCUT2D eigenvalue weighted by Gasteiger charge is -2.13. The van der Waals surface area contributed by atoms with E-state index in [-0.39, 0.29) is 17.1 Å². The number of benzene rings is 3. The van der Waals surface area contributed by atoms with Gasteiger partial charge in [-0.3, -0.25) is 4.79 Å². The second-order valence-electron chi connectivity index (χ2n) is 7.82. The number of anilines is 1. The van der Waals surface area contributed by atoms with Gasteiger partial charge in [-0.15, -0.1) is 13.2 Å². The minimum Gasteiger partial charge on any atom is -0.504 e. The summed E-state index contributed by atoms with van der Waals surface area (Å²) in [5.41, 5.74) is 1.92. The van der Waals surface area contributed by atoms with Gasteiger partial charge < -0.3 is 34.1 Å². The number of carbonyl (C=O) groups excluding carboxylic acids is 1. The molecule has 0 radical (unpaired) electrons. The summed E-state index contributed by atoms with van der Waals surface area (Å²) < 4.78 is 62.1. The summed E-state index contributed by atoms with van der Waals surface area (Å²) in [6.07, 6.45) is 1.24. The molecule has 0 atom stereocenters. The molecule has 0 aliphatic rings. The van der Waals surface area contributed by atoms with E-state index in [0.717, 1.165) is 17.7 Å². The summed E-state index contributed by atoms with van der Waals surface area (Å²) >= 11 is 0. The van der Waals surface area contributed by atoms with Gasteiger partial charge in [-0.05, 0) is 48.0 Å². The number of alkyl halides is 3. The Kier molecular flexibility index (Phi) is 9.32. The Morgan fingerprint density at radius 1 is 0.846 bits per heavy atom. The highest BCUT2D eigenvalue weighted by molar-refractivity contribution is 6.04. The minimum absolute atomic E-state index is 0.103. The van der Waals surface area contributed by atoms with Crippen LogP contribution in [0.4, 0.5) is 18.9 Å². The zero-order valence-electron chi connectivity index (χ0n) is 21.5. The first-order valence-corrected chi connectivity index (χ1v) is 11.3. The van der Waals surface area contributed by atoms with Crippen LogP contribution in [0.25, 0.3) is 12.2 Å². The molecule has 3 rings (SSSR count). The van der Waals surface area contributed by atoms with Crippen molar-refractivity contribution >= 4 is 23.6 Å². The van der Waals surface area contributed by atoms with Crippen molar-refractivity contribution in [3.63, 3.8) is 0 Å². The molecule has 3 aromatic rings. The molecule has 3 aromatic carbocycles. The van der Waals surface area contributed by atoms with Crippen LogP contribution in [0.15, 0.2) is 60.8 Å². The number of nitrogens with one attached hydrogen (secondary N) is 1. The van der Waals surface area contributed by atoms with E-state index >= 15 is 0 Å². The first-order chi connectivity index (χ1) is 18.6. The molecule has 0 aliphatic heterocycles. The quantitative estimate of drug-likeness (QED) is 0.125. The lowest BCUT2D eigenvalue weighted by Crippen LogP contribution is -2.17. The first-order valence-electron chi connectivity index (χ1n) is 11.3. The highest BCUT2D eigenvalue weighted by atomic mass is 19.4. The molecule has 0 saturated carbocycles. The van der Waals surface area contributed by atoms with Gasteiger partial charge in [0.1, 0.15) is 5.75 Å². The SMILES string of the molecule is COc1cc(NC=CC(=O)c2ccc(OC(F)(F)F)cc2)c(C=Cc2cc(OC)c(OC)c(OC)c2)cc1O. The van der Waals surface area contributed by atoms with Crippen LogP contribution in [0.1, 0.15) is 21.5 Å². The maximum atomic E-state index is 12.5. The van der Waals surface area contributed by atoms with Gasteiger partial charge in [-0.1, -0.05) is 12.2 Å². The molecule has 8 nitrogen and oxygen atoms in total. The molecular formula is C28H26F3NO7. The predicted molar refractivity (Wildman–Crippen MR) is 140 cm³/mol. The van der Waals surface area contributed by atoms with E-state index in [9.17, 15) is 23.1 Å². The molecule has 206 valence electrons. The predicted octanol–water partition coefficient (Wildman–Crippen LogP) is 6.30. The summed E-state index contributed by atoms with van der Waals surface area (Å²) in [4.78, 5) is 12.5. The fourth-order valence-electron chi connectivity index (χ4n) is 3.52. The van der Waals surface area contributed by atoms with Gasteiger partial charge in [0.25, 0.3) is 0 Å². The maximum absolute atomic E-state index is 12.5. The second-order valence-corrected chi connectivity index (χ2v) is 7.82. The fourth-order valence-corrected chi connectivity index (χ4v) is 3.52. The number of ether oxygens (including phenoxy) is 5. The van der Waals surface area contributed by atoms with Crippen molar-refractivity contribution in [2.24, 2.45) is 0 Å². The highest BCUT2D eigenvalue weighted by Gasteiger charge is 2.31. The van der Waals surface area contributed by atoms with Crippen LogP contribution in [-0.2, 0) is 0 Å². The molecule has 0 unspecified atom stereocenters. The third kappa shape index (κ3) is 7.60. The van der Waals surface area contributed by atoms with E-state index < -0.39 is 17.9 Å². The Morgan fingerprint density at radius 2 is 1.46 bits per heavy atom. The average Bonchev–Trinajstić information content (AvgIpc) is 2.91. The number of halogens is 3. The Balaban J connectivity index is 1.84. The number of methoxy groups -OCH3 is 4. The first kappa shape index (κ1) is 28.8. The smallest absolute Gasteiger partial charge is 0.504 e. The number of hydrogen-bond donors (Lipinski definition) is 2. The average molecular weight is 546 g/mol. The molecule has 39 heavy (non-hydrogen) atoms. The maximum Gasteiger partial charge on any atom is 0.573 e. The number of phenolic OH excluding ortho intramolecular Hbond substituents is 1. The lowest BCUT2D eigenvalue weighted by atomic mass is 10.1.